The minimum atomic E-state index is -1.64. The number of aliphatic hydroxyl groups is 2. The molecule has 3 aromatic rings. The van der Waals surface area contributed by atoms with Crippen LogP contribution in [0.1, 0.15) is 37.6 Å². The second kappa shape index (κ2) is 8.51. The predicted molar refractivity (Wildman–Crippen MR) is 122 cm³/mol. The number of carbonyl (C=O) groups excluding carboxylic acids is 1. The van der Waals surface area contributed by atoms with Crippen LogP contribution >= 0.6 is 11.6 Å². The molecule has 1 saturated carbocycles. The summed E-state index contributed by atoms with van der Waals surface area (Å²) in [6.45, 7) is 4.50. The Bertz CT molecular complexity index is 1200. The molecule has 0 spiro atoms. The van der Waals surface area contributed by atoms with Crippen LogP contribution in [-0.2, 0) is 0 Å². The number of rotatable bonds is 8. The molecule has 4 rings (SSSR count). The van der Waals surface area contributed by atoms with E-state index < -0.39 is 23.3 Å². The molecule has 0 aliphatic heterocycles. The Morgan fingerprint density at radius 3 is 2.79 bits per heavy atom. The van der Waals surface area contributed by atoms with E-state index >= 15 is 0 Å². The Hall–Kier alpha value is -2.82. The quantitative estimate of drug-likeness (QED) is 0.393. The first-order chi connectivity index (χ1) is 15.5. The first-order valence-corrected chi connectivity index (χ1v) is 11.0. The van der Waals surface area contributed by atoms with Crippen LogP contribution in [0, 0.1) is 5.92 Å². The summed E-state index contributed by atoms with van der Waals surface area (Å²) in [5, 5.41) is 30.6. The number of hydrogen-bond acceptors (Lipinski definition) is 7. The highest BCUT2D eigenvalue weighted by Gasteiger charge is 2.49. The number of nitrogens with one attached hydrogen (secondary N) is 2. The van der Waals surface area contributed by atoms with E-state index in [9.17, 15) is 19.4 Å². The van der Waals surface area contributed by atoms with Crippen molar-refractivity contribution >= 4 is 28.8 Å². The highest BCUT2D eigenvalue weighted by Crippen LogP contribution is 2.43. The van der Waals surface area contributed by atoms with Crippen LogP contribution in [-0.4, -0.2) is 66.2 Å². The molecule has 3 atom stereocenters. The zero-order valence-electron chi connectivity index (χ0n) is 18.5. The summed E-state index contributed by atoms with van der Waals surface area (Å²) in [4.78, 5) is 21.5. The summed E-state index contributed by atoms with van der Waals surface area (Å²) in [6.07, 6.45) is 5.11. The van der Waals surface area contributed by atoms with Crippen LogP contribution in [0.15, 0.2) is 30.9 Å². The molecule has 11 heteroatoms. The largest absolute Gasteiger partial charge is 0.388 e. The van der Waals surface area contributed by atoms with E-state index in [-0.39, 0.29) is 24.6 Å². The van der Waals surface area contributed by atoms with E-state index in [1.807, 2.05) is 6.92 Å². The SMILES string of the molecule is CC1CC1(O)CNc1cc(-c2cnn3cc(Cl)cnc23)ncc1C(=O)NC[C@@H](F)C(C)(C)O. The minimum absolute atomic E-state index is 0.149. The van der Waals surface area contributed by atoms with E-state index in [0.29, 0.717) is 34.0 Å². The number of anilines is 1. The summed E-state index contributed by atoms with van der Waals surface area (Å²) >= 11 is 5.98. The summed E-state index contributed by atoms with van der Waals surface area (Å²) in [5.41, 5.74) is -0.134. The van der Waals surface area contributed by atoms with E-state index in [2.05, 4.69) is 25.7 Å². The third-order valence-corrected chi connectivity index (χ3v) is 6.15. The van der Waals surface area contributed by atoms with Gasteiger partial charge in [0.05, 0.1) is 57.7 Å². The molecule has 0 aromatic carbocycles. The van der Waals surface area contributed by atoms with Gasteiger partial charge in [0.25, 0.3) is 5.91 Å². The maximum atomic E-state index is 14.1. The van der Waals surface area contributed by atoms with Gasteiger partial charge in [0.2, 0.25) is 0 Å². The summed E-state index contributed by atoms with van der Waals surface area (Å²) < 4.78 is 15.6. The molecule has 0 bridgehead atoms. The lowest BCUT2D eigenvalue weighted by molar-refractivity contribution is -0.00177. The number of pyridine rings is 1. The maximum absolute atomic E-state index is 14.1. The van der Waals surface area contributed by atoms with Crippen molar-refractivity contribution in [2.75, 3.05) is 18.4 Å². The Balaban J connectivity index is 1.63. The summed E-state index contributed by atoms with van der Waals surface area (Å²) in [5.74, 6) is -0.403. The van der Waals surface area contributed by atoms with Crippen molar-refractivity contribution in [1.82, 2.24) is 24.9 Å². The smallest absolute Gasteiger partial charge is 0.255 e. The fourth-order valence-electron chi connectivity index (χ4n) is 3.46. The monoisotopic (exact) mass is 476 g/mol. The molecule has 3 heterocycles. The lowest BCUT2D eigenvalue weighted by Gasteiger charge is -2.23. The van der Waals surface area contributed by atoms with Crippen LogP contribution in [0.5, 0.6) is 0 Å². The molecule has 9 nitrogen and oxygen atoms in total. The number of nitrogens with zero attached hydrogens (tertiary/aromatic N) is 4. The van der Waals surface area contributed by atoms with Crippen molar-refractivity contribution in [3.8, 4) is 11.3 Å². The zero-order chi connectivity index (χ0) is 24.0. The van der Waals surface area contributed by atoms with Crippen molar-refractivity contribution < 1.29 is 19.4 Å². The van der Waals surface area contributed by atoms with Crippen molar-refractivity contribution in [3.63, 3.8) is 0 Å². The van der Waals surface area contributed by atoms with Crippen LogP contribution in [0.2, 0.25) is 5.02 Å². The van der Waals surface area contributed by atoms with Gasteiger partial charge in [-0.25, -0.2) is 13.9 Å². The molecule has 1 amide bonds. The second-order valence-corrected chi connectivity index (χ2v) is 9.54. The van der Waals surface area contributed by atoms with Gasteiger partial charge < -0.3 is 20.8 Å². The fraction of sp³-hybridized carbons (Fsp3) is 0.455. The van der Waals surface area contributed by atoms with Gasteiger partial charge in [-0.1, -0.05) is 18.5 Å². The third-order valence-electron chi connectivity index (χ3n) is 5.96. The molecule has 1 aliphatic rings. The molecule has 176 valence electrons. The molecule has 0 radical (unpaired) electrons. The minimum Gasteiger partial charge on any atom is -0.388 e. The maximum Gasteiger partial charge on any atom is 0.255 e. The first-order valence-electron chi connectivity index (χ1n) is 10.6. The van der Waals surface area contributed by atoms with Crippen molar-refractivity contribution in [2.24, 2.45) is 5.92 Å². The van der Waals surface area contributed by atoms with Crippen molar-refractivity contribution in [1.29, 1.82) is 0 Å². The topological polar surface area (TPSA) is 125 Å². The standard InChI is InChI=1S/C22H26ClFN6O3/c1-12-5-22(12,33)11-28-17-4-16(14-8-29-30-10-13(23)6-26-19(14)30)25-7-15(17)20(31)27-9-18(24)21(2,3)32/h4,6-8,10,12,18,32-33H,5,9,11H2,1-3H3,(H,25,28)(H,27,31)/t12?,18-,22?/m1/s1. The normalized spacial score (nSPS) is 21.1. The van der Waals surface area contributed by atoms with Gasteiger partial charge in [0, 0.05) is 18.9 Å². The van der Waals surface area contributed by atoms with Gasteiger partial charge in [-0.15, -0.1) is 0 Å². The van der Waals surface area contributed by atoms with Gasteiger partial charge in [-0.2, -0.15) is 5.10 Å². The number of halogens is 2. The molecule has 0 saturated heterocycles. The number of aromatic nitrogens is 4. The number of fused-ring (bicyclic) bond motifs is 1. The molecule has 3 aromatic heterocycles. The van der Waals surface area contributed by atoms with Crippen LogP contribution < -0.4 is 10.6 Å². The van der Waals surface area contributed by atoms with Gasteiger partial charge in [-0.3, -0.25) is 9.78 Å². The number of amides is 1. The van der Waals surface area contributed by atoms with Gasteiger partial charge >= 0.3 is 0 Å². The van der Waals surface area contributed by atoms with Crippen molar-refractivity contribution in [2.45, 2.75) is 44.6 Å². The van der Waals surface area contributed by atoms with Gasteiger partial charge in [0.15, 0.2) is 5.65 Å². The first kappa shape index (κ1) is 23.3. The lowest BCUT2D eigenvalue weighted by atomic mass is 10.0. The second-order valence-electron chi connectivity index (χ2n) is 9.11. The predicted octanol–water partition coefficient (Wildman–Crippen LogP) is 2.47. The molecule has 1 aliphatic carbocycles. The summed E-state index contributed by atoms with van der Waals surface area (Å²) in [6, 6.07) is 1.67. The lowest BCUT2D eigenvalue weighted by Crippen LogP contribution is -2.42. The van der Waals surface area contributed by atoms with E-state index in [0.717, 1.165) is 0 Å². The molecule has 1 fully saturated rings. The molecular formula is C22H26ClFN6O3. The molecule has 2 unspecified atom stereocenters. The number of alkyl halides is 1. The average molecular weight is 477 g/mol. The molecule has 33 heavy (non-hydrogen) atoms. The Morgan fingerprint density at radius 1 is 1.39 bits per heavy atom. The van der Waals surface area contributed by atoms with Crippen LogP contribution in [0.3, 0.4) is 0 Å². The van der Waals surface area contributed by atoms with E-state index in [1.54, 1.807) is 18.5 Å². The summed E-state index contributed by atoms with van der Waals surface area (Å²) in [7, 11) is 0. The highest BCUT2D eigenvalue weighted by atomic mass is 35.5. The highest BCUT2D eigenvalue weighted by molar-refractivity contribution is 6.30. The molecule has 4 N–H and O–H groups in total. The Morgan fingerprint density at radius 2 is 2.12 bits per heavy atom. The Labute approximate surface area is 195 Å². The average Bonchev–Trinajstić information content (AvgIpc) is 3.16. The van der Waals surface area contributed by atoms with E-state index in [1.165, 1.54) is 30.8 Å². The van der Waals surface area contributed by atoms with Crippen LogP contribution in [0.25, 0.3) is 16.9 Å². The number of hydrogen-bond donors (Lipinski definition) is 4. The molecular weight excluding hydrogens is 451 g/mol. The third kappa shape index (κ3) is 4.92. The number of carbonyl (C=O) groups is 1. The van der Waals surface area contributed by atoms with Crippen molar-refractivity contribution in [3.05, 3.63) is 41.4 Å². The van der Waals surface area contributed by atoms with Gasteiger partial charge in [-0.05, 0) is 32.3 Å². The van der Waals surface area contributed by atoms with E-state index in [4.69, 9.17) is 11.6 Å². The van der Waals surface area contributed by atoms with Crippen LogP contribution in [0.4, 0.5) is 10.1 Å². The zero-order valence-corrected chi connectivity index (χ0v) is 19.3. The van der Waals surface area contributed by atoms with Gasteiger partial charge in [0.1, 0.15) is 6.17 Å². The fourth-order valence-corrected chi connectivity index (χ4v) is 3.60. The Kier molecular flexibility index (Phi) is 6.02.